The molecule has 1 amide bonds. The highest BCUT2D eigenvalue weighted by molar-refractivity contribution is 5.79. The molecular formula is C17H29NO5. The second kappa shape index (κ2) is 9.88. The molecule has 0 bridgehead atoms. The molecular weight excluding hydrogens is 298 g/mol. The second-order valence-electron chi connectivity index (χ2n) is 6.66. The van der Waals surface area contributed by atoms with Gasteiger partial charge in [-0.15, -0.1) is 0 Å². The summed E-state index contributed by atoms with van der Waals surface area (Å²) >= 11 is 0. The van der Waals surface area contributed by atoms with Crippen LogP contribution >= 0.6 is 0 Å². The lowest BCUT2D eigenvalue weighted by atomic mass is 9.81. The maximum atomic E-state index is 12.0. The predicted octanol–water partition coefficient (Wildman–Crippen LogP) is 1.83. The Morgan fingerprint density at radius 2 is 1.70 bits per heavy atom. The summed E-state index contributed by atoms with van der Waals surface area (Å²) in [6.07, 6.45) is 5.57. The van der Waals surface area contributed by atoms with E-state index < -0.39 is 5.97 Å². The van der Waals surface area contributed by atoms with Gasteiger partial charge in [0.1, 0.15) is 0 Å². The molecule has 23 heavy (non-hydrogen) atoms. The van der Waals surface area contributed by atoms with Gasteiger partial charge in [0.25, 0.3) is 0 Å². The van der Waals surface area contributed by atoms with Crippen molar-refractivity contribution in [1.82, 2.24) is 5.32 Å². The van der Waals surface area contributed by atoms with Gasteiger partial charge in [0, 0.05) is 38.9 Å². The van der Waals surface area contributed by atoms with Crippen LogP contribution in [0.1, 0.15) is 44.9 Å². The fourth-order valence-corrected chi connectivity index (χ4v) is 3.30. The number of amides is 1. The van der Waals surface area contributed by atoms with Crippen LogP contribution in [0, 0.1) is 17.8 Å². The van der Waals surface area contributed by atoms with E-state index in [0.29, 0.717) is 44.8 Å². The summed E-state index contributed by atoms with van der Waals surface area (Å²) in [6.45, 7) is 3.77. The van der Waals surface area contributed by atoms with Crippen LogP contribution in [-0.4, -0.2) is 50.0 Å². The monoisotopic (exact) mass is 327 g/mol. The standard InChI is InChI=1S/C17H29NO5/c19-16(14-2-4-15(5-3-14)17(20)21)18-8-1-9-23-12-13-6-10-22-11-7-13/h13-15H,1-12H2,(H,18,19)(H,20,21). The van der Waals surface area contributed by atoms with E-state index in [1.54, 1.807) is 0 Å². The minimum Gasteiger partial charge on any atom is -0.481 e. The summed E-state index contributed by atoms with van der Waals surface area (Å²) in [5.74, 6) is -0.335. The predicted molar refractivity (Wildman–Crippen MR) is 85.1 cm³/mol. The van der Waals surface area contributed by atoms with E-state index in [-0.39, 0.29) is 17.7 Å². The van der Waals surface area contributed by atoms with Crippen LogP contribution in [0.3, 0.4) is 0 Å². The van der Waals surface area contributed by atoms with E-state index in [0.717, 1.165) is 39.1 Å². The quantitative estimate of drug-likeness (QED) is 0.664. The number of nitrogens with one attached hydrogen (secondary N) is 1. The van der Waals surface area contributed by atoms with Crippen LogP contribution in [0.2, 0.25) is 0 Å². The third-order valence-corrected chi connectivity index (χ3v) is 4.91. The topological polar surface area (TPSA) is 84.9 Å². The normalized spacial score (nSPS) is 25.9. The van der Waals surface area contributed by atoms with Crippen LogP contribution in [-0.2, 0) is 19.1 Å². The molecule has 2 fully saturated rings. The van der Waals surface area contributed by atoms with Crippen molar-refractivity contribution in [2.24, 2.45) is 17.8 Å². The number of hydrogen-bond acceptors (Lipinski definition) is 4. The Kier molecular flexibility index (Phi) is 7.82. The van der Waals surface area contributed by atoms with Crippen molar-refractivity contribution in [3.63, 3.8) is 0 Å². The molecule has 1 saturated carbocycles. The van der Waals surface area contributed by atoms with E-state index in [2.05, 4.69) is 5.32 Å². The number of aliphatic carboxylic acids is 1. The van der Waals surface area contributed by atoms with Crippen molar-refractivity contribution in [2.45, 2.75) is 44.9 Å². The van der Waals surface area contributed by atoms with Gasteiger partial charge in [-0.1, -0.05) is 0 Å². The average molecular weight is 327 g/mol. The average Bonchev–Trinajstić information content (AvgIpc) is 2.58. The molecule has 132 valence electrons. The van der Waals surface area contributed by atoms with Crippen LogP contribution < -0.4 is 5.32 Å². The minimum atomic E-state index is -0.731. The lowest BCUT2D eigenvalue weighted by Crippen LogP contribution is -2.35. The van der Waals surface area contributed by atoms with E-state index >= 15 is 0 Å². The number of carboxylic acids is 1. The molecule has 2 N–H and O–H groups in total. The molecule has 0 unspecified atom stereocenters. The smallest absolute Gasteiger partial charge is 0.306 e. The van der Waals surface area contributed by atoms with Gasteiger partial charge in [0.05, 0.1) is 5.92 Å². The zero-order valence-electron chi connectivity index (χ0n) is 13.8. The Morgan fingerprint density at radius 1 is 1.04 bits per heavy atom. The van der Waals surface area contributed by atoms with Gasteiger partial charge in [0.2, 0.25) is 5.91 Å². The summed E-state index contributed by atoms with van der Waals surface area (Å²) < 4.78 is 11.0. The van der Waals surface area contributed by atoms with Gasteiger partial charge in [-0.25, -0.2) is 0 Å². The van der Waals surface area contributed by atoms with Gasteiger partial charge in [-0.3, -0.25) is 9.59 Å². The summed E-state index contributed by atoms with van der Waals surface area (Å²) in [6, 6.07) is 0. The zero-order valence-corrected chi connectivity index (χ0v) is 13.8. The van der Waals surface area contributed by atoms with Gasteiger partial charge in [-0.2, -0.15) is 0 Å². The molecule has 0 atom stereocenters. The first-order valence-corrected chi connectivity index (χ1v) is 8.83. The molecule has 0 aromatic rings. The van der Waals surface area contributed by atoms with Crippen molar-refractivity contribution < 1.29 is 24.2 Å². The van der Waals surface area contributed by atoms with Crippen LogP contribution in [0.15, 0.2) is 0 Å². The first-order chi connectivity index (χ1) is 11.2. The number of ether oxygens (including phenoxy) is 2. The van der Waals surface area contributed by atoms with E-state index in [4.69, 9.17) is 14.6 Å². The van der Waals surface area contributed by atoms with Crippen LogP contribution in [0.25, 0.3) is 0 Å². The lowest BCUT2D eigenvalue weighted by Gasteiger charge is -2.25. The third-order valence-electron chi connectivity index (χ3n) is 4.91. The number of rotatable bonds is 8. The fourth-order valence-electron chi connectivity index (χ4n) is 3.30. The molecule has 1 aliphatic heterocycles. The first kappa shape index (κ1) is 18.2. The highest BCUT2D eigenvalue weighted by Crippen LogP contribution is 2.28. The molecule has 6 heteroatoms. The Balaban J connectivity index is 1.47. The molecule has 2 aliphatic rings. The minimum absolute atomic E-state index is 0.0197. The van der Waals surface area contributed by atoms with Crippen LogP contribution in [0.4, 0.5) is 0 Å². The molecule has 0 spiro atoms. The summed E-state index contributed by atoms with van der Waals surface area (Å²) in [4.78, 5) is 22.9. The Bertz CT molecular complexity index is 373. The molecule has 0 aromatic heterocycles. The maximum absolute atomic E-state index is 12.0. The molecule has 1 heterocycles. The number of carbonyl (C=O) groups excluding carboxylic acids is 1. The third kappa shape index (κ3) is 6.47. The van der Waals surface area contributed by atoms with Gasteiger partial charge in [0.15, 0.2) is 0 Å². The number of carbonyl (C=O) groups is 2. The zero-order chi connectivity index (χ0) is 16.5. The largest absolute Gasteiger partial charge is 0.481 e. The molecule has 0 aromatic carbocycles. The number of hydrogen-bond donors (Lipinski definition) is 2. The molecule has 2 rings (SSSR count). The van der Waals surface area contributed by atoms with Gasteiger partial charge < -0.3 is 19.9 Å². The maximum Gasteiger partial charge on any atom is 0.306 e. The summed E-state index contributed by atoms with van der Waals surface area (Å²) in [5, 5.41) is 11.9. The van der Waals surface area contributed by atoms with E-state index in [1.165, 1.54) is 0 Å². The lowest BCUT2D eigenvalue weighted by molar-refractivity contribution is -0.144. The van der Waals surface area contributed by atoms with E-state index in [9.17, 15) is 9.59 Å². The highest BCUT2D eigenvalue weighted by Gasteiger charge is 2.29. The van der Waals surface area contributed by atoms with Crippen molar-refractivity contribution in [3.05, 3.63) is 0 Å². The molecule has 1 aliphatic carbocycles. The van der Waals surface area contributed by atoms with Gasteiger partial charge in [-0.05, 0) is 50.9 Å². The van der Waals surface area contributed by atoms with Gasteiger partial charge >= 0.3 is 5.97 Å². The summed E-state index contributed by atoms with van der Waals surface area (Å²) in [7, 11) is 0. The van der Waals surface area contributed by atoms with Crippen molar-refractivity contribution in [3.8, 4) is 0 Å². The molecule has 6 nitrogen and oxygen atoms in total. The Morgan fingerprint density at radius 3 is 2.35 bits per heavy atom. The molecule has 1 saturated heterocycles. The van der Waals surface area contributed by atoms with Crippen LogP contribution in [0.5, 0.6) is 0 Å². The fraction of sp³-hybridized carbons (Fsp3) is 0.882. The summed E-state index contributed by atoms with van der Waals surface area (Å²) in [5.41, 5.74) is 0. The SMILES string of the molecule is O=C(O)C1CCC(C(=O)NCCCOCC2CCOCC2)CC1. The van der Waals surface area contributed by atoms with Crippen molar-refractivity contribution in [1.29, 1.82) is 0 Å². The van der Waals surface area contributed by atoms with Crippen molar-refractivity contribution in [2.75, 3.05) is 33.0 Å². The van der Waals surface area contributed by atoms with E-state index in [1.807, 2.05) is 0 Å². The molecule has 0 radical (unpaired) electrons. The second-order valence-corrected chi connectivity index (χ2v) is 6.66. The van der Waals surface area contributed by atoms with Crippen molar-refractivity contribution >= 4 is 11.9 Å². The highest BCUT2D eigenvalue weighted by atomic mass is 16.5. The Labute approximate surface area is 137 Å². The number of carboxylic acid groups (broad SMARTS) is 1. The Hall–Kier alpha value is -1.14. The first-order valence-electron chi connectivity index (χ1n) is 8.83.